The van der Waals surface area contributed by atoms with Gasteiger partial charge in [0.15, 0.2) is 11.6 Å². The molecular formula is C17H18N2O4. The summed E-state index contributed by atoms with van der Waals surface area (Å²) in [4.78, 5) is 16.2. The molecule has 1 saturated heterocycles. The van der Waals surface area contributed by atoms with Crippen LogP contribution < -0.4 is 10.1 Å². The number of carbonyl (C=O) groups excluding carboxylic acids is 1. The Bertz CT molecular complexity index is 684. The predicted octanol–water partition coefficient (Wildman–Crippen LogP) is 2.60. The van der Waals surface area contributed by atoms with Crippen LogP contribution in [0.1, 0.15) is 23.2 Å². The van der Waals surface area contributed by atoms with Crippen molar-refractivity contribution in [2.75, 3.05) is 18.5 Å². The van der Waals surface area contributed by atoms with Crippen molar-refractivity contribution in [3.8, 4) is 11.5 Å². The second-order valence-electron chi connectivity index (χ2n) is 5.30. The number of nitrogens with zero attached hydrogens (tertiary/aromatic N) is 1. The molecule has 3 rings (SSSR count). The van der Waals surface area contributed by atoms with E-state index in [1.54, 1.807) is 30.3 Å². The van der Waals surface area contributed by atoms with Crippen LogP contribution in [0.15, 0.2) is 42.6 Å². The zero-order chi connectivity index (χ0) is 16.1. The zero-order valence-corrected chi connectivity index (χ0v) is 12.6. The van der Waals surface area contributed by atoms with Gasteiger partial charge in [0, 0.05) is 18.4 Å². The average molecular weight is 314 g/mol. The molecule has 6 nitrogen and oxygen atoms in total. The third-order valence-electron chi connectivity index (χ3n) is 3.57. The first kappa shape index (κ1) is 15.3. The van der Waals surface area contributed by atoms with E-state index in [9.17, 15) is 9.90 Å². The second kappa shape index (κ2) is 7.11. The van der Waals surface area contributed by atoms with E-state index < -0.39 is 0 Å². The first-order valence-corrected chi connectivity index (χ1v) is 7.52. The lowest BCUT2D eigenvalue weighted by atomic mass is 10.2. The van der Waals surface area contributed by atoms with Crippen LogP contribution in [0.4, 0.5) is 5.82 Å². The van der Waals surface area contributed by atoms with Crippen molar-refractivity contribution in [3.63, 3.8) is 0 Å². The van der Waals surface area contributed by atoms with Gasteiger partial charge < -0.3 is 19.9 Å². The van der Waals surface area contributed by atoms with Crippen LogP contribution in [0.3, 0.4) is 0 Å². The minimum atomic E-state index is -0.360. The molecule has 23 heavy (non-hydrogen) atoms. The van der Waals surface area contributed by atoms with E-state index in [-0.39, 0.29) is 23.6 Å². The monoisotopic (exact) mass is 314 g/mol. The summed E-state index contributed by atoms with van der Waals surface area (Å²) in [6.07, 6.45) is 3.68. The number of amides is 1. The molecule has 1 atom stereocenters. The maximum absolute atomic E-state index is 12.2. The fraction of sp³-hybridized carbons (Fsp3) is 0.294. The van der Waals surface area contributed by atoms with Crippen molar-refractivity contribution in [2.45, 2.75) is 18.9 Å². The molecule has 2 N–H and O–H groups in total. The smallest absolute Gasteiger partial charge is 0.257 e. The summed E-state index contributed by atoms with van der Waals surface area (Å²) in [7, 11) is 0. The van der Waals surface area contributed by atoms with Crippen LogP contribution in [0.5, 0.6) is 11.5 Å². The highest BCUT2D eigenvalue weighted by molar-refractivity contribution is 6.04. The number of benzene rings is 1. The van der Waals surface area contributed by atoms with Gasteiger partial charge >= 0.3 is 0 Å². The second-order valence-corrected chi connectivity index (χ2v) is 5.30. The Kier molecular flexibility index (Phi) is 4.73. The Labute approximate surface area is 134 Å². The van der Waals surface area contributed by atoms with Crippen molar-refractivity contribution in [3.05, 3.63) is 48.2 Å². The average Bonchev–Trinajstić information content (AvgIpc) is 3.09. The Hall–Kier alpha value is -2.60. The highest BCUT2D eigenvalue weighted by Crippen LogP contribution is 2.21. The molecule has 2 heterocycles. The molecule has 0 radical (unpaired) electrons. The van der Waals surface area contributed by atoms with Crippen molar-refractivity contribution in [2.24, 2.45) is 0 Å². The third-order valence-corrected chi connectivity index (χ3v) is 3.57. The Morgan fingerprint density at radius 1 is 1.39 bits per heavy atom. The van der Waals surface area contributed by atoms with Gasteiger partial charge in [0.1, 0.15) is 12.4 Å². The first-order valence-electron chi connectivity index (χ1n) is 7.52. The fourth-order valence-electron chi connectivity index (χ4n) is 2.36. The topological polar surface area (TPSA) is 80.7 Å². The Morgan fingerprint density at radius 3 is 3.09 bits per heavy atom. The normalized spacial score (nSPS) is 17.0. The number of anilines is 1. The highest BCUT2D eigenvalue weighted by Gasteiger charge is 2.16. The van der Waals surface area contributed by atoms with E-state index in [2.05, 4.69) is 10.3 Å². The summed E-state index contributed by atoms with van der Waals surface area (Å²) >= 11 is 0. The van der Waals surface area contributed by atoms with E-state index in [0.29, 0.717) is 17.9 Å². The van der Waals surface area contributed by atoms with Crippen LogP contribution in [-0.4, -0.2) is 35.3 Å². The molecule has 120 valence electrons. The van der Waals surface area contributed by atoms with E-state index in [4.69, 9.17) is 9.47 Å². The van der Waals surface area contributed by atoms with Crippen LogP contribution in [0.25, 0.3) is 0 Å². The molecule has 1 aromatic carbocycles. The van der Waals surface area contributed by atoms with Crippen LogP contribution in [0.2, 0.25) is 0 Å². The highest BCUT2D eigenvalue weighted by atomic mass is 16.5. The molecule has 0 aliphatic carbocycles. The standard InChI is InChI=1S/C17H18N2O4/c20-15-7-2-8-18-16(15)19-17(21)12-4-1-5-13(10-12)23-11-14-6-3-9-22-14/h1-2,4-5,7-8,10,14,20H,3,6,9,11H2,(H,18,19,21)/t14-/m1/s1. The largest absolute Gasteiger partial charge is 0.504 e. The van der Waals surface area contributed by atoms with Crippen LogP contribution in [-0.2, 0) is 4.74 Å². The maximum Gasteiger partial charge on any atom is 0.257 e. The lowest BCUT2D eigenvalue weighted by Crippen LogP contribution is -2.17. The molecule has 1 aliphatic heterocycles. The molecule has 1 aliphatic rings. The number of hydrogen-bond acceptors (Lipinski definition) is 5. The molecule has 0 bridgehead atoms. The molecule has 6 heteroatoms. The summed E-state index contributed by atoms with van der Waals surface area (Å²) in [6.45, 7) is 1.26. The van der Waals surface area contributed by atoms with Gasteiger partial charge in [0.05, 0.1) is 6.10 Å². The summed E-state index contributed by atoms with van der Waals surface area (Å²) in [5, 5.41) is 12.2. The van der Waals surface area contributed by atoms with E-state index in [1.807, 2.05) is 0 Å². The maximum atomic E-state index is 12.2. The summed E-state index contributed by atoms with van der Waals surface area (Å²) in [5.74, 6) is 0.301. The van der Waals surface area contributed by atoms with Crippen LogP contribution in [0, 0.1) is 0 Å². The van der Waals surface area contributed by atoms with Gasteiger partial charge in [0.2, 0.25) is 0 Å². The summed E-state index contributed by atoms with van der Waals surface area (Å²) in [6, 6.07) is 9.93. The molecule has 1 amide bonds. The lowest BCUT2D eigenvalue weighted by molar-refractivity contribution is 0.0679. The van der Waals surface area contributed by atoms with E-state index in [1.165, 1.54) is 12.3 Å². The van der Waals surface area contributed by atoms with Crippen LogP contribution >= 0.6 is 0 Å². The minimum absolute atomic E-state index is 0.0772. The molecule has 1 fully saturated rings. The van der Waals surface area contributed by atoms with E-state index >= 15 is 0 Å². The summed E-state index contributed by atoms with van der Waals surface area (Å²) in [5.41, 5.74) is 0.430. The van der Waals surface area contributed by atoms with Gasteiger partial charge in [-0.15, -0.1) is 0 Å². The quantitative estimate of drug-likeness (QED) is 0.886. The number of rotatable bonds is 5. The number of nitrogens with one attached hydrogen (secondary N) is 1. The van der Waals surface area contributed by atoms with Crippen molar-refractivity contribution >= 4 is 11.7 Å². The summed E-state index contributed by atoms with van der Waals surface area (Å²) < 4.78 is 11.2. The lowest BCUT2D eigenvalue weighted by Gasteiger charge is -2.12. The van der Waals surface area contributed by atoms with Crippen molar-refractivity contribution in [1.82, 2.24) is 4.98 Å². The number of carbonyl (C=O) groups is 1. The van der Waals surface area contributed by atoms with Gasteiger partial charge in [-0.2, -0.15) is 0 Å². The van der Waals surface area contributed by atoms with E-state index in [0.717, 1.165) is 19.4 Å². The minimum Gasteiger partial charge on any atom is -0.504 e. The molecule has 0 spiro atoms. The Balaban J connectivity index is 1.64. The SMILES string of the molecule is O=C(Nc1ncccc1O)c1cccc(OC[C@H]2CCCO2)c1. The first-order chi connectivity index (χ1) is 11.2. The number of ether oxygens (including phenoxy) is 2. The zero-order valence-electron chi connectivity index (χ0n) is 12.6. The van der Waals surface area contributed by atoms with Gasteiger partial charge in [-0.1, -0.05) is 6.07 Å². The molecule has 0 unspecified atom stereocenters. The van der Waals surface area contributed by atoms with Gasteiger partial charge in [-0.3, -0.25) is 4.79 Å². The van der Waals surface area contributed by atoms with Gasteiger partial charge in [-0.25, -0.2) is 4.98 Å². The number of hydrogen-bond donors (Lipinski definition) is 2. The molecule has 0 saturated carbocycles. The Morgan fingerprint density at radius 2 is 2.30 bits per heavy atom. The molecule has 2 aromatic rings. The van der Waals surface area contributed by atoms with Crippen molar-refractivity contribution < 1.29 is 19.4 Å². The fourth-order valence-corrected chi connectivity index (χ4v) is 2.36. The number of aromatic nitrogens is 1. The van der Waals surface area contributed by atoms with Gasteiger partial charge in [0.25, 0.3) is 5.91 Å². The predicted molar refractivity (Wildman–Crippen MR) is 84.8 cm³/mol. The molecule has 1 aromatic heterocycles. The van der Waals surface area contributed by atoms with Crippen molar-refractivity contribution in [1.29, 1.82) is 0 Å². The van der Waals surface area contributed by atoms with Gasteiger partial charge in [-0.05, 0) is 43.2 Å². The number of pyridine rings is 1. The molecular weight excluding hydrogens is 296 g/mol. The number of aromatic hydroxyl groups is 1. The third kappa shape index (κ3) is 3.98.